The Morgan fingerprint density at radius 1 is 1.09 bits per heavy atom. The second-order valence-corrected chi connectivity index (χ2v) is 9.83. The molecular formula is C27H30N4O3S. The van der Waals surface area contributed by atoms with Crippen molar-refractivity contribution < 1.29 is 14.4 Å². The summed E-state index contributed by atoms with van der Waals surface area (Å²) in [4.78, 5) is 46.2. The van der Waals surface area contributed by atoms with Crippen molar-refractivity contribution in [1.82, 2.24) is 15.6 Å². The number of anilines is 1. The fourth-order valence-corrected chi connectivity index (χ4v) is 5.09. The first-order chi connectivity index (χ1) is 16.9. The number of nitrogens with one attached hydrogen (secondary N) is 2. The van der Waals surface area contributed by atoms with Crippen molar-refractivity contribution >= 4 is 34.7 Å². The number of hydrogen-bond donors (Lipinski definition) is 2. The van der Waals surface area contributed by atoms with E-state index < -0.39 is 6.04 Å². The van der Waals surface area contributed by atoms with Crippen LogP contribution in [0.1, 0.15) is 58.1 Å². The number of aromatic nitrogens is 1. The van der Waals surface area contributed by atoms with E-state index in [1.54, 1.807) is 36.7 Å². The summed E-state index contributed by atoms with van der Waals surface area (Å²) in [7, 11) is 0. The molecule has 2 heterocycles. The maximum Gasteiger partial charge on any atom is 0.261 e. The molecule has 2 aromatic heterocycles. The van der Waals surface area contributed by atoms with Crippen LogP contribution >= 0.6 is 11.3 Å². The lowest BCUT2D eigenvalue weighted by Gasteiger charge is -2.33. The number of carbonyl (C=O) groups excluding carboxylic acids is 3. The number of amides is 3. The Labute approximate surface area is 209 Å². The third kappa shape index (κ3) is 5.95. The Hall–Kier alpha value is -3.52. The van der Waals surface area contributed by atoms with E-state index in [1.807, 2.05) is 37.4 Å². The number of hydrogen-bond acceptors (Lipinski definition) is 5. The molecule has 0 unspecified atom stereocenters. The number of aryl methyl sites for hydroxylation is 2. The first-order valence-electron chi connectivity index (χ1n) is 11.9. The third-order valence-electron chi connectivity index (χ3n) is 6.27. The quantitative estimate of drug-likeness (QED) is 0.492. The maximum absolute atomic E-state index is 13.8. The fraction of sp³-hybridized carbons (Fsp3) is 0.333. The Morgan fingerprint density at radius 2 is 1.83 bits per heavy atom. The summed E-state index contributed by atoms with van der Waals surface area (Å²) in [6.45, 7) is 3.63. The van der Waals surface area contributed by atoms with Crippen LogP contribution in [0.25, 0.3) is 0 Å². The molecule has 1 aliphatic carbocycles. The van der Waals surface area contributed by atoms with Gasteiger partial charge in [0, 0.05) is 24.1 Å². The summed E-state index contributed by atoms with van der Waals surface area (Å²) in [5.41, 5.74) is 3.13. The van der Waals surface area contributed by atoms with Crippen LogP contribution in [-0.2, 0) is 9.59 Å². The van der Waals surface area contributed by atoms with E-state index in [9.17, 15) is 14.4 Å². The largest absolute Gasteiger partial charge is 0.351 e. The van der Waals surface area contributed by atoms with Crippen LogP contribution in [0.2, 0.25) is 0 Å². The highest BCUT2D eigenvalue weighted by Gasteiger charge is 2.35. The van der Waals surface area contributed by atoms with E-state index in [-0.39, 0.29) is 30.3 Å². The molecule has 1 saturated carbocycles. The van der Waals surface area contributed by atoms with Crippen molar-refractivity contribution in [3.63, 3.8) is 0 Å². The molecule has 1 atom stereocenters. The number of rotatable bonds is 8. The van der Waals surface area contributed by atoms with Gasteiger partial charge in [-0.2, -0.15) is 0 Å². The normalized spacial score (nSPS) is 14.3. The number of thiophene rings is 1. The Kier molecular flexibility index (Phi) is 7.92. The predicted octanol–water partition coefficient (Wildman–Crippen LogP) is 4.32. The van der Waals surface area contributed by atoms with Crippen molar-refractivity contribution in [3.05, 3.63) is 81.8 Å². The minimum Gasteiger partial charge on any atom is -0.351 e. The van der Waals surface area contributed by atoms with Gasteiger partial charge in [-0.1, -0.05) is 31.0 Å². The highest BCUT2D eigenvalue weighted by atomic mass is 32.1. The molecule has 1 aromatic carbocycles. The van der Waals surface area contributed by atoms with Crippen LogP contribution in [-0.4, -0.2) is 35.3 Å². The molecule has 3 amide bonds. The average Bonchev–Trinajstić information content (AvgIpc) is 3.57. The van der Waals surface area contributed by atoms with Crippen LogP contribution in [0.3, 0.4) is 0 Å². The zero-order valence-electron chi connectivity index (χ0n) is 20.0. The van der Waals surface area contributed by atoms with Gasteiger partial charge in [0.05, 0.1) is 11.4 Å². The lowest BCUT2D eigenvalue weighted by molar-refractivity contribution is -0.126. The number of nitrogens with zero attached hydrogens (tertiary/aromatic N) is 2. The summed E-state index contributed by atoms with van der Waals surface area (Å²) in [6, 6.07) is 12.0. The summed E-state index contributed by atoms with van der Waals surface area (Å²) >= 11 is 1.31. The van der Waals surface area contributed by atoms with Gasteiger partial charge < -0.3 is 10.6 Å². The van der Waals surface area contributed by atoms with E-state index >= 15 is 0 Å². The molecule has 0 saturated heterocycles. The first kappa shape index (κ1) is 24.6. The zero-order chi connectivity index (χ0) is 24.8. The second kappa shape index (κ2) is 11.3. The molecule has 0 spiro atoms. The monoisotopic (exact) mass is 490 g/mol. The van der Waals surface area contributed by atoms with E-state index in [0.717, 1.165) is 36.8 Å². The molecular weight excluding hydrogens is 460 g/mol. The number of benzene rings is 1. The molecule has 8 heteroatoms. The minimum atomic E-state index is -0.898. The van der Waals surface area contributed by atoms with Crippen LogP contribution in [0.5, 0.6) is 0 Å². The van der Waals surface area contributed by atoms with Gasteiger partial charge >= 0.3 is 0 Å². The van der Waals surface area contributed by atoms with Crippen molar-refractivity contribution in [3.8, 4) is 0 Å². The van der Waals surface area contributed by atoms with Crippen molar-refractivity contribution in [2.24, 2.45) is 0 Å². The van der Waals surface area contributed by atoms with E-state index in [1.165, 1.54) is 16.2 Å². The number of carbonyl (C=O) groups is 3. The molecule has 3 aromatic rings. The second-order valence-electron chi connectivity index (χ2n) is 8.89. The maximum atomic E-state index is 13.8. The summed E-state index contributed by atoms with van der Waals surface area (Å²) in [5, 5.41) is 7.70. The van der Waals surface area contributed by atoms with E-state index in [2.05, 4.69) is 15.6 Å². The minimum absolute atomic E-state index is 0.0981. The van der Waals surface area contributed by atoms with E-state index in [4.69, 9.17) is 0 Å². The standard InChI is InChI=1S/C27H30N4O3S/c1-18-9-10-19(2)22(16-18)31(24(32)17-29-26(33)23-8-5-15-35-23)25(20-11-13-28-14-12-20)27(34)30-21-6-3-4-7-21/h5,8-16,21,25H,3-4,6-7,17H2,1-2H3,(H,29,33)(H,30,34)/t25-/m0/s1. The molecule has 7 nitrogen and oxygen atoms in total. The Balaban J connectivity index is 1.70. The summed E-state index contributed by atoms with van der Waals surface area (Å²) in [5.74, 6) is -0.918. The van der Waals surface area contributed by atoms with Crippen LogP contribution in [0.15, 0.2) is 60.2 Å². The molecule has 0 aliphatic heterocycles. The molecule has 0 bridgehead atoms. The molecule has 35 heavy (non-hydrogen) atoms. The molecule has 0 radical (unpaired) electrons. The molecule has 1 aliphatic rings. The predicted molar refractivity (Wildman–Crippen MR) is 137 cm³/mol. The molecule has 1 fully saturated rings. The zero-order valence-corrected chi connectivity index (χ0v) is 20.8. The van der Waals surface area contributed by atoms with Crippen molar-refractivity contribution in [2.75, 3.05) is 11.4 Å². The topological polar surface area (TPSA) is 91.4 Å². The smallest absolute Gasteiger partial charge is 0.261 e. The first-order valence-corrected chi connectivity index (χ1v) is 12.7. The highest BCUT2D eigenvalue weighted by molar-refractivity contribution is 7.12. The van der Waals surface area contributed by atoms with Gasteiger partial charge in [-0.25, -0.2) is 0 Å². The molecule has 182 valence electrons. The van der Waals surface area contributed by atoms with Crippen LogP contribution in [0.4, 0.5) is 5.69 Å². The number of pyridine rings is 1. The SMILES string of the molecule is Cc1ccc(C)c(N(C(=O)CNC(=O)c2cccs2)[C@H](C(=O)NC2CCCC2)c2ccncc2)c1. The highest BCUT2D eigenvalue weighted by Crippen LogP contribution is 2.32. The van der Waals surface area contributed by atoms with Crippen LogP contribution < -0.4 is 15.5 Å². The lowest BCUT2D eigenvalue weighted by atomic mass is 10.0. The summed E-state index contributed by atoms with van der Waals surface area (Å²) in [6.07, 6.45) is 7.27. The lowest BCUT2D eigenvalue weighted by Crippen LogP contribution is -2.49. The van der Waals surface area contributed by atoms with E-state index in [0.29, 0.717) is 16.1 Å². The van der Waals surface area contributed by atoms with Gasteiger partial charge in [-0.15, -0.1) is 11.3 Å². The van der Waals surface area contributed by atoms with Gasteiger partial charge in [-0.05, 0) is 73.0 Å². The molecule has 2 N–H and O–H groups in total. The Morgan fingerprint density at radius 3 is 2.51 bits per heavy atom. The third-order valence-corrected chi connectivity index (χ3v) is 7.14. The van der Waals surface area contributed by atoms with Crippen LogP contribution in [0, 0.1) is 13.8 Å². The van der Waals surface area contributed by atoms with Gasteiger partial charge in [0.2, 0.25) is 11.8 Å². The van der Waals surface area contributed by atoms with Gasteiger partial charge in [0.15, 0.2) is 0 Å². The van der Waals surface area contributed by atoms with Gasteiger partial charge in [0.1, 0.15) is 6.04 Å². The average molecular weight is 491 g/mol. The van der Waals surface area contributed by atoms with Gasteiger partial charge in [-0.3, -0.25) is 24.3 Å². The van der Waals surface area contributed by atoms with Gasteiger partial charge in [0.25, 0.3) is 5.91 Å². The summed E-state index contributed by atoms with van der Waals surface area (Å²) < 4.78 is 0. The van der Waals surface area contributed by atoms with Crippen molar-refractivity contribution in [2.45, 2.75) is 51.6 Å². The fourth-order valence-electron chi connectivity index (χ4n) is 4.45. The van der Waals surface area contributed by atoms with Crippen molar-refractivity contribution in [1.29, 1.82) is 0 Å². The molecule has 4 rings (SSSR count). The Bertz CT molecular complexity index is 1170.